The van der Waals surface area contributed by atoms with Crippen molar-refractivity contribution in [1.29, 1.82) is 0 Å². The van der Waals surface area contributed by atoms with Crippen molar-refractivity contribution in [2.45, 2.75) is 51.5 Å². The Hall–Kier alpha value is -0.860. The van der Waals surface area contributed by atoms with E-state index in [1.165, 1.54) is 63.8 Å². The van der Waals surface area contributed by atoms with Gasteiger partial charge in [0.1, 0.15) is 0 Å². The van der Waals surface area contributed by atoms with Crippen molar-refractivity contribution in [2.24, 2.45) is 5.41 Å². The lowest BCUT2D eigenvalue weighted by Gasteiger charge is -2.33. The molecule has 0 radical (unpaired) electrons. The summed E-state index contributed by atoms with van der Waals surface area (Å²) in [7, 11) is 0. The minimum Gasteiger partial charge on any atom is -0.312 e. The molecule has 0 amide bonds. The van der Waals surface area contributed by atoms with E-state index < -0.39 is 0 Å². The molecule has 1 aromatic carbocycles. The predicted molar refractivity (Wildman–Crippen MR) is 89.6 cm³/mol. The predicted octanol–water partition coefficient (Wildman–Crippen LogP) is 3.47. The summed E-state index contributed by atoms with van der Waals surface area (Å²) in [5.41, 5.74) is 2.05. The molecule has 1 saturated carbocycles. The van der Waals surface area contributed by atoms with Crippen molar-refractivity contribution in [3.05, 3.63) is 35.9 Å². The highest BCUT2D eigenvalue weighted by molar-refractivity contribution is 5.16. The van der Waals surface area contributed by atoms with E-state index in [-0.39, 0.29) is 0 Å². The highest BCUT2D eigenvalue weighted by Crippen LogP contribution is 2.38. The molecule has 1 saturated heterocycles. The molecular formula is C19H30N2. The van der Waals surface area contributed by atoms with E-state index in [1.807, 2.05) is 0 Å². The second kappa shape index (κ2) is 6.93. The summed E-state index contributed by atoms with van der Waals surface area (Å²) in [6.07, 6.45) is 8.20. The fourth-order valence-electron chi connectivity index (χ4n) is 4.18. The molecule has 2 heteroatoms. The molecule has 2 nitrogen and oxygen atoms in total. The zero-order valence-electron chi connectivity index (χ0n) is 13.5. The maximum atomic E-state index is 3.76. The summed E-state index contributed by atoms with van der Waals surface area (Å²) >= 11 is 0. The molecule has 0 aromatic heterocycles. The van der Waals surface area contributed by atoms with Crippen molar-refractivity contribution in [1.82, 2.24) is 10.2 Å². The number of nitrogens with zero attached hydrogens (tertiary/aromatic N) is 1. The third-order valence-corrected chi connectivity index (χ3v) is 5.30. The van der Waals surface area contributed by atoms with Gasteiger partial charge in [0, 0.05) is 19.1 Å². The second-order valence-corrected chi connectivity index (χ2v) is 7.45. The van der Waals surface area contributed by atoms with E-state index >= 15 is 0 Å². The lowest BCUT2D eigenvalue weighted by Crippen LogP contribution is -2.42. The van der Waals surface area contributed by atoms with E-state index in [1.54, 1.807) is 0 Å². The lowest BCUT2D eigenvalue weighted by atomic mass is 9.88. The number of hydrogen-bond donors (Lipinski definition) is 1. The average Bonchev–Trinajstić information content (AvgIpc) is 2.78. The van der Waals surface area contributed by atoms with Crippen LogP contribution in [0.3, 0.4) is 0 Å². The van der Waals surface area contributed by atoms with Gasteiger partial charge in [-0.1, -0.05) is 50.1 Å². The Balaban J connectivity index is 1.58. The highest BCUT2D eigenvalue weighted by atomic mass is 15.2. The second-order valence-electron chi connectivity index (χ2n) is 7.45. The third kappa shape index (κ3) is 4.31. The van der Waals surface area contributed by atoms with Crippen LogP contribution in [0.15, 0.2) is 30.3 Å². The van der Waals surface area contributed by atoms with E-state index in [0.29, 0.717) is 11.5 Å². The van der Waals surface area contributed by atoms with Gasteiger partial charge in [0.15, 0.2) is 0 Å². The standard InChI is InChI=1S/C19H30N2/c1-19(10-5-6-11-19)16-21-13-7-12-20-18(15-21)14-17-8-3-2-4-9-17/h2-4,8-9,18,20H,5-7,10-16H2,1H3. The molecule has 1 aliphatic carbocycles. The quantitative estimate of drug-likeness (QED) is 0.911. The molecular weight excluding hydrogens is 256 g/mol. The first kappa shape index (κ1) is 15.1. The summed E-state index contributed by atoms with van der Waals surface area (Å²) in [5, 5.41) is 3.76. The molecule has 2 fully saturated rings. The van der Waals surface area contributed by atoms with E-state index in [2.05, 4.69) is 47.5 Å². The van der Waals surface area contributed by atoms with Crippen LogP contribution in [-0.4, -0.2) is 37.1 Å². The number of hydrogen-bond acceptors (Lipinski definition) is 2. The molecule has 1 aliphatic heterocycles. The Labute approximate surface area is 129 Å². The first-order chi connectivity index (χ1) is 10.2. The van der Waals surface area contributed by atoms with Crippen molar-refractivity contribution < 1.29 is 0 Å². The van der Waals surface area contributed by atoms with E-state index in [4.69, 9.17) is 0 Å². The smallest absolute Gasteiger partial charge is 0.0235 e. The number of rotatable bonds is 4. The van der Waals surface area contributed by atoms with Crippen LogP contribution in [0, 0.1) is 5.41 Å². The summed E-state index contributed by atoms with van der Waals surface area (Å²) in [4.78, 5) is 2.74. The van der Waals surface area contributed by atoms with Crippen LogP contribution in [0.25, 0.3) is 0 Å². The molecule has 1 N–H and O–H groups in total. The Morgan fingerprint density at radius 1 is 1.14 bits per heavy atom. The van der Waals surface area contributed by atoms with Gasteiger partial charge in [-0.25, -0.2) is 0 Å². The van der Waals surface area contributed by atoms with Crippen molar-refractivity contribution in [2.75, 3.05) is 26.2 Å². The maximum absolute atomic E-state index is 3.76. The van der Waals surface area contributed by atoms with Crippen LogP contribution < -0.4 is 5.32 Å². The lowest BCUT2D eigenvalue weighted by molar-refractivity contribution is 0.165. The fraction of sp³-hybridized carbons (Fsp3) is 0.684. The molecule has 3 rings (SSSR count). The Kier molecular flexibility index (Phi) is 4.97. The third-order valence-electron chi connectivity index (χ3n) is 5.30. The van der Waals surface area contributed by atoms with Crippen molar-refractivity contribution in [3.8, 4) is 0 Å². The fourth-order valence-corrected chi connectivity index (χ4v) is 4.18. The van der Waals surface area contributed by atoms with Crippen LogP contribution in [0.5, 0.6) is 0 Å². The van der Waals surface area contributed by atoms with Gasteiger partial charge in [0.2, 0.25) is 0 Å². The van der Waals surface area contributed by atoms with Gasteiger partial charge < -0.3 is 10.2 Å². The first-order valence-electron chi connectivity index (χ1n) is 8.73. The Morgan fingerprint density at radius 2 is 1.90 bits per heavy atom. The molecule has 1 atom stereocenters. The van der Waals surface area contributed by atoms with Gasteiger partial charge in [-0.05, 0) is 49.8 Å². The highest BCUT2D eigenvalue weighted by Gasteiger charge is 2.31. The van der Waals surface area contributed by atoms with Crippen LogP contribution in [0.1, 0.15) is 44.6 Å². The minimum atomic E-state index is 0.585. The van der Waals surface area contributed by atoms with Crippen LogP contribution in [0.4, 0.5) is 0 Å². The SMILES string of the molecule is CC1(CN2CCCNC(Cc3ccccc3)C2)CCCC1. The molecule has 116 valence electrons. The Morgan fingerprint density at radius 3 is 2.67 bits per heavy atom. The van der Waals surface area contributed by atoms with Gasteiger partial charge >= 0.3 is 0 Å². The van der Waals surface area contributed by atoms with Gasteiger partial charge in [0.25, 0.3) is 0 Å². The first-order valence-corrected chi connectivity index (χ1v) is 8.73. The largest absolute Gasteiger partial charge is 0.312 e. The van der Waals surface area contributed by atoms with Gasteiger partial charge in [-0.2, -0.15) is 0 Å². The molecule has 0 bridgehead atoms. The number of nitrogens with one attached hydrogen (secondary N) is 1. The maximum Gasteiger partial charge on any atom is 0.0235 e. The summed E-state index contributed by atoms with van der Waals surface area (Å²) in [6.45, 7) is 7.47. The van der Waals surface area contributed by atoms with Gasteiger partial charge in [-0.15, -0.1) is 0 Å². The molecule has 1 unspecified atom stereocenters. The molecule has 21 heavy (non-hydrogen) atoms. The average molecular weight is 286 g/mol. The molecule has 2 aliphatic rings. The summed E-state index contributed by atoms with van der Waals surface area (Å²) < 4.78 is 0. The van der Waals surface area contributed by atoms with Crippen molar-refractivity contribution >= 4 is 0 Å². The summed E-state index contributed by atoms with van der Waals surface area (Å²) in [5.74, 6) is 0. The van der Waals surface area contributed by atoms with Crippen molar-refractivity contribution in [3.63, 3.8) is 0 Å². The van der Waals surface area contributed by atoms with E-state index in [0.717, 1.165) is 6.42 Å². The van der Waals surface area contributed by atoms with Crippen LogP contribution in [0.2, 0.25) is 0 Å². The monoisotopic (exact) mass is 286 g/mol. The van der Waals surface area contributed by atoms with Gasteiger partial charge in [-0.3, -0.25) is 0 Å². The number of benzene rings is 1. The Bertz CT molecular complexity index is 422. The van der Waals surface area contributed by atoms with Crippen LogP contribution in [-0.2, 0) is 6.42 Å². The van der Waals surface area contributed by atoms with E-state index in [9.17, 15) is 0 Å². The zero-order valence-corrected chi connectivity index (χ0v) is 13.5. The normalized spacial score (nSPS) is 26.6. The topological polar surface area (TPSA) is 15.3 Å². The molecule has 0 spiro atoms. The zero-order chi connectivity index (χ0) is 14.5. The van der Waals surface area contributed by atoms with Crippen LogP contribution >= 0.6 is 0 Å². The summed E-state index contributed by atoms with van der Waals surface area (Å²) in [6, 6.07) is 11.5. The van der Waals surface area contributed by atoms with Gasteiger partial charge in [0.05, 0.1) is 0 Å². The molecule has 1 heterocycles. The minimum absolute atomic E-state index is 0.585. The molecule has 1 aromatic rings.